The first-order chi connectivity index (χ1) is 5.95. The zero-order chi connectivity index (χ0) is 8.23. The van der Waals surface area contributed by atoms with E-state index in [4.69, 9.17) is 0 Å². The summed E-state index contributed by atoms with van der Waals surface area (Å²) in [6.45, 7) is 4.60. The highest BCUT2D eigenvalue weighted by atomic mass is 15.4. The molecule has 1 fully saturated rings. The summed E-state index contributed by atoms with van der Waals surface area (Å²) in [5.74, 6) is 0. The molecule has 0 atom stereocenters. The van der Waals surface area contributed by atoms with Crippen molar-refractivity contribution in [3.8, 4) is 0 Å². The first kappa shape index (κ1) is 7.73. The number of hydrogen-bond donors (Lipinski definition) is 0. The topological polar surface area (TPSA) is 34.0 Å². The molecular formula is C8H14N4. The van der Waals surface area contributed by atoms with Crippen molar-refractivity contribution in [2.75, 3.05) is 19.6 Å². The van der Waals surface area contributed by atoms with Gasteiger partial charge in [-0.3, -0.25) is 4.68 Å². The van der Waals surface area contributed by atoms with Crippen LogP contribution in [0.3, 0.4) is 0 Å². The van der Waals surface area contributed by atoms with Gasteiger partial charge in [-0.1, -0.05) is 5.21 Å². The van der Waals surface area contributed by atoms with Crippen LogP contribution in [0.4, 0.5) is 0 Å². The summed E-state index contributed by atoms with van der Waals surface area (Å²) in [5, 5.41) is 7.68. The van der Waals surface area contributed by atoms with E-state index >= 15 is 0 Å². The zero-order valence-corrected chi connectivity index (χ0v) is 7.19. The van der Waals surface area contributed by atoms with Crippen LogP contribution in [0.5, 0.6) is 0 Å². The largest absolute Gasteiger partial charge is 0.301 e. The van der Waals surface area contributed by atoms with Gasteiger partial charge in [0.1, 0.15) is 0 Å². The average Bonchev–Trinajstić information content (AvgIpc) is 2.74. The Morgan fingerprint density at radius 1 is 1.17 bits per heavy atom. The fourth-order valence-corrected chi connectivity index (χ4v) is 1.60. The minimum Gasteiger partial charge on any atom is -0.301 e. The number of hydrogen-bond acceptors (Lipinski definition) is 3. The molecule has 1 aliphatic heterocycles. The van der Waals surface area contributed by atoms with Gasteiger partial charge in [0.2, 0.25) is 0 Å². The minimum atomic E-state index is 0.972. The van der Waals surface area contributed by atoms with Gasteiger partial charge in [0, 0.05) is 12.7 Å². The molecule has 1 aromatic rings. The molecule has 0 saturated carbocycles. The van der Waals surface area contributed by atoms with E-state index in [1.54, 1.807) is 6.20 Å². The van der Waals surface area contributed by atoms with Gasteiger partial charge in [-0.15, -0.1) is 5.10 Å². The van der Waals surface area contributed by atoms with Crippen molar-refractivity contribution in [2.45, 2.75) is 19.4 Å². The van der Waals surface area contributed by atoms with Crippen molar-refractivity contribution in [2.24, 2.45) is 0 Å². The molecule has 12 heavy (non-hydrogen) atoms. The SMILES string of the molecule is c1cn(CCN2CCCC2)nn1. The third-order valence-corrected chi connectivity index (χ3v) is 2.32. The highest BCUT2D eigenvalue weighted by Gasteiger charge is 2.10. The lowest BCUT2D eigenvalue weighted by Crippen LogP contribution is -2.24. The lowest BCUT2D eigenvalue weighted by atomic mass is 10.4. The standard InChI is InChI=1S/C8H14N4/c1-2-5-11(4-1)7-8-12-6-3-9-10-12/h3,6H,1-2,4-5,7-8H2. The monoisotopic (exact) mass is 166 g/mol. The molecule has 0 N–H and O–H groups in total. The number of aromatic nitrogens is 3. The van der Waals surface area contributed by atoms with Crippen molar-refractivity contribution in [1.82, 2.24) is 19.9 Å². The normalized spacial score (nSPS) is 18.7. The second-order valence-corrected chi connectivity index (χ2v) is 3.21. The van der Waals surface area contributed by atoms with Gasteiger partial charge < -0.3 is 4.90 Å². The number of likely N-dealkylation sites (tertiary alicyclic amines) is 1. The average molecular weight is 166 g/mol. The smallest absolute Gasteiger partial charge is 0.0692 e. The summed E-state index contributed by atoms with van der Waals surface area (Å²) in [5.41, 5.74) is 0. The Morgan fingerprint density at radius 3 is 2.67 bits per heavy atom. The highest BCUT2D eigenvalue weighted by Crippen LogP contribution is 2.06. The fourth-order valence-electron chi connectivity index (χ4n) is 1.60. The minimum absolute atomic E-state index is 0.972. The molecule has 0 bridgehead atoms. The van der Waals surface area contributed by atoms with Crippen LogP contribution in [0.15, 0.2) is 12.4 Å². The predicted molar refractivity (Wildman–Crippen MR) is 45.7 cm³/mol. The predicted octanol–water partition coefficient (Wildman–Crippen LogP) is 0.374. The summed E-state index contributed by atoms with van der Waals surface area (Å²) in [7, 11) is 0. The molecule has 0 radical (unpaired) electrons. The maximum atomic E-state index is 3.92. The van der Waals surface area contributed by atoms with Gasteiger partial charge in [-0.25, -0.2) is 0 Å². The highest BCUT2D eigenvalue weighted by molar-refractivity contribution is 4.68. The summed E-state index contributed by atoms with van der Waals surface area (Å²) >= 11 is 0. The Hall–Kier alpha value is -0.900. The molecule has 1 saturated heterocycles. The van der Waals surface area contributed by atoms with Crippen LogP contribution >= 0.6 is 0 Å². The van der Waals surface area contributed by atoms with Gasteiger partial charge in [-0.05, 0) is 25.9 Å². The van der Waals surface area contributed by atoms with Crippen molar-refractivity contribution >= 4 is 0 Å². The lowest BCUT2D eigenvalue weighted by Gasteiger charge is -2.13. The molecule has 0 aromatic carbocycles. The molecular weight excluding hydrogens is 152 g/mol. The van der Waals surface area contributed by atoms with Gasteiger partial charge in [0.05, 0.1) is 12.7 Å². The van der Waals surface area contributed by atoms with Crippen LogP contribution in [0, 0.1) is 0 Å². The third-order valence-electron chi connectivity index (χ3n) is 2.32. The fraction of sp³-hybridized carbons (Fsp3) is 0.750. The van der Waals surface area contributed by atoms with Crippen LogP contribution < -0.4 is 0 Å². The van der Waals surface area contributed by atoms with Crippen molar-refractivity contribution in [1.29, 1.82) is 0 Å². The van der Waals surface area contributed by atoms with Gasteiger partial charge >= 0.3 is 0 Å². The number of nitrogens with zero attached hydrogens (tertiary/aromatic N) is 4. The van der Waals surface area contributed by atoms with E-state index in [9.17, 15) is 0 Å². The van der Waals surface area contributed by atoms with Gasteiger partial charge in [0.25, 0.3) is 0 Å². The van der Waals surface area contributed by atoms with Gasteiger partial charge in [0.15, 0.2) is 0 Å². The van der Waals surface area contributed by atoms with Crippen molar-refractivity contribution in [3.63, 3.8) is 0 Å². The van der Waals surface area contributed by atoms with E-state index in [0.717, 1.165) is 13.1 Å². The van der Waals surface area contributed by atoms with E-state index in [-0.39, 0.29) is 0 Å². The quantitative estimate of drug-likeness (QED) is 0.650. The molecule has 1 aromatic heterocycles. The summed E-state index contributed by atoms with van der Waals surface area (Å²) in [6.07, 6.45) is 6.36. The van der Waals surface area contributed by atoms with Crippen LogP contribution in [-0.2, 0) is 6.54 Å². The Labute approximate surface area is 72.2 Å². The molecule has 4 heteroatoms. The lowest BCUT2D eigenvalue weighted by molar-refractivity contribution is 0.314. The maximum Gasteiger partial charge on any atom is 0.0692 e. The van der Waals surface area contributed by atoms with Crippen LogP contribution in [0.25, 0.3) is 0 Å². The second-order valence-electron chi connectivity index (χ2n) is 3.21. The van der Waals surface area contributed by atoms with E-state index in [1.807, 2.05) is 10.9 Å². The molecule has 0 amide bonds. The molecule has 2 heterocycles. The van der Waals surface area contributed by atoms with E-state index < -0.39 is 0 Å². The molecule has 66 valence electrons. The Bertz CT molecular complexity index is 213. The van der Waals surface area contributed by atoms with Gasteiger partial charge in [-0.2, -0.15) is 0 Å². The van der Waals surface area contributed by atoms with Crippen LogP contribution in [-0.4, -0.2) is 39.5 Å². The summed E-state index contributed by atoms with van der Waals surface area (Å²) in [6, 6.07) is 0. The second kappa shape index (κ2) is 3.67. The first-order valence-corrected chi connectivity index (χ1v) is 4.51. The molecule has 0 unspecified atom stereocenters. The maximum absolute atomic E-state index is 3.92. The summed E-state index contributed by atoms with van der Waals surface area (Å²) < 4.78 is 1.89. The molecule has 0 aliphatic carbocycles. The van der Waals surface area contributed by atoms with Crippen molar-refractivity contribution in [3.05, 3.63) is 12.4 Å². The van der Waals surface area contributed by atoms with E-state index in [0.29, 0.717) is 0 Å². The third kappa shape index (κ3) is 1.82. The molecule has 0 spiro atoms. The van der Waals surface area contributed by atoms with Crippen LogP contribution in [0.2, 0.25) is 0 Å². The van der Waals surface area contributed by atoms with E-state index in [1.165, 1.54) is 25.9 Å². The summed E-state index contributed by atoms with van der Waals surface area (Å²) in [4.78, 5) is 2.47. The Kier molecular flexibility index (Phi) is 2.36. The first-order valence-electron chi connectivity index (χ1n) is 4.51. The molecule has 1 aliphatic rings. The number of rotatable bonds is 3. The zero-order valence-electron chi connectivity index (χ0n) is 7.19. The molecule has 4 nitrogen and oxygen atoms in total. The Morgan fingerprint density at radius 2 is 2.00 bits per heavy atom. The Balaban J connectivity index is 1.74. The van der Waals surface area contributed by atoms with E-state index in [2.05, 4.69) is 15.2 Å². The van der Waals surface area contributed by atoms with Crippen LogP contribution in [0.1, 0.15) is 12.8 Å². The molecule has 2 rings (SSSR count). The van der Waals surface area contributed by atoms with Crippen molar-refractivity contribution < 1.29 is 0 Å².